The minimum atomic E-state index is 0.495. The van der Waals surface area contributed by atoms with Gasteiger partial charge in [-0.15, -0.1) is 0 Å². The minimum absolute atomic E-state index is 0.495. The number of rotatable bonds is 3. The lowest BCUT2D eigenvalue weighted by Gasteiger charge is -2.58. The van der Waals surface area contributed by atoms with Crippen molar-refractivity contribution in [3.8, 4) is 0 Å². The Morgan fingerprint density at radius 1 is 1.05 bits per heavy atom. The molecule has 4 aliphatic carbocycles. The van der Waals surface area contributed by atoms with E-state index >= 15 is 0 Å². The van der Waals surface area contributed by atoms with Gasteiger partial charge in [-0.2, -0.15) is 0 Å². The van der Waals surface area contributed by atoms with Crippen molar-refractivity contribution in [3.63, 3.8) is 0 Å². The Balaban J connectivity index is 1.49. The summed E-state index contributed by atoms with van der Waals surface area (Å²) >= 11 is 0. The number of hydrogen-bond donors (Lipinski definition) is 1. The molecular weight excluding hydrogens is 234 g/mol. The van der Waals surface area contributed by atoms with Gasteiger partial charge in [0.05, 0.1) is 12.7 Å². The first-order chi connectivity index (χ1) is 9.26. The molecule has 0 aromatic carbocycles. The Morgan fingerprint density at radius 3 is 2.26 bits per heavy atom. The molecule has 0 radical (unpaired) electrons. The van der Waals surface area contributed by atoms with Crippen LogP contribution in [0.3, 0.4) is 0 Å². The average molecular weight is 263 g/mol. The second-order valence-corrected chi connectivity index (χ2v) is 8.00. The molecule has 0 aromatic heterocycles. The second-order valence-electron chi connectivity index (χ2n) is 8.00. The zero-order valence-electron chi connectivity index (χ0n) is 12.4. The Kier molecular flexibility index (Phi) is 3.15. The SMILES string of the molecule is CCC1NCCOC1CC12CC3CC(CC(C3)C1)C2. The highest BCUT2D eigenvalue weighted by Gasteiger charge is 2.52. The van der Waals surface area contributed by atoms with Crippen molar-refractivity contribution in [3.05, 3.63) is 0 Å². The number of hydrogen-bond acceptors (Lipinski definition) is 2. The largest absolute Gasteiger partial charge is 0.375 e. The lowest BCUT2D eigenvalue weighted by molar-refractivity contribution is -0.101. The molecule has 19 heavy (non-hydrogen) atoms. The summed E-state index contributed by atoms with van der Waals surface area (Å²) in [5.41, 5.74) is 0.672. The minimum Gasteiger partial charge on any atom is -0.375 e. The van der Waals surface area contributed by atoms with E-state index in [4.69, 9.17) is 4.74 Å². The maximum absolute atomic E-state index is 6.16. The van der Waals surface area contributed by atoms with Crippen molar-refractivity contribution >= 4 is 0 Å². The molecule has 2 unspecified atom stereocenters. The standard InChI is InChI=1S/C17H29NO/c1-2-15-16(19-4-3-18-15)11-17-8-12-5-13(9-17)7-14(6-12)10-17/h12-16,18H,2-11H2,1H3. The highest BCUT2D eigenvalue weighted by Crippen LogP contribution is 2.61. The maximum Gasteiger partial charge on any atom is 0.0733 e. The molecule has 4 bridgehead atoms. The van der Waals surface area contributed by atoms with Crippen LogP contribution in [0.15, 0.2) is 0 Å². The third kappa shape index (κ3) is 2.25. The van der Waals surface area contributed by atoms with Gasteiger partial charge in [-0.25, -0.2) is 0 Å². The molecule has 108 valence electrons. The Morgan fingerprint density at radius 2 is 1.68 bits per heavy atom. The van der Waals surface area contributed by atoms with Gasteiger partial charge in [0.15, 0.2) is 0 Å². The number of ether oxygens (including phenoxy) is 1. The van der Waals surface area contributed by atoms with Crippen molar-refractivity contribution in [1.82, 2.24) is 5.32 Å². The summed E-state index contributed by atoms with van der Waals surface area (Å²) < 4.78 is 6.16. The molecule has 0 amide bonds. The molecule has 1 N–H and O–H groups in total. The summed E-state index contributed by atoms with van der Waals surface area (Å²) in [6.45, 7) is 4.28. The fraction of sp³-hybridized carbons (Fsp3) is 1.00. The van der Waals surface area contributed by atoms with Crippen molar-refractivity contribution in [2.75, 3.05) is 13.2 Å². The van der Waals surface area contributed by atoms with Crippen LogP contribution < -0.4 is 5.32 Å². The highest BCUT2D eigenvalue weighted by molar-refractivity contribution is 5.03. The van der Waals surface area contributed by atoms with E-state index in [9.17, 15) is 0 Å². The van der Waals surface area contributed by atoms with Crippen LogP contribution in [0.5, 0.6) is 0 Å². The third-order valence-corrected chi connectivity index (χ3v) is 6.53. The summed E-state index contributed by atoms with van der Waals surface area (Å²) in [7, 11) is 0. The van der Waals surface area contributed by atoms with Crippen LogP contribution in [0.1, 0.15) is 58.3 Å². The van der Waals surface area contributed by atoms with Gasteiger partial charge in [0.1, 0.15) is 0 Å². The van der Waals surface area contributed by atoms with Crippen LogP contribution in [0.2, 0.25) is 0 Å². The van der Waals surface area contributed by atoms with Crippen molar-refractivity contribution in [1.29, 1.82) is 0 Å². The maximum atomic E-state index is 6.16. The van der Waals surface area contributed by atoms with Crippen molar-refractivity contribution < 1.29 is 4.74 Å². The van der Waals surface area contributed by atoms with Gasteiger partial charge in [0.2, 0.25) is 0 Å². The molecular formula is C17H29NO. The predicted octanol–water partition coefficient (Wildman–Crippen LogP) is 3.36. The second kappa shape index (κ2) is 4.73. The van der Waals surface area contributed by atoms with Crippen LogP contribution in [0.4, 0.5) is 0 Å². The topological polar surface area (TPSA) is 21.3 Å². The van der Waals surface area contributed by atoms with Crippen LogP contribution >= 0.6 is 0 Å². The summed E-state index contributed by atoms with van der Waals surface area (Å²) in [6, 6.07) is 0.613. The Hall–Kier alpha value is -0.0800. The first-order valence-electron chi connectivity index (χ1n) is 8.61. The van der Waals surface area contributed by atoms with Gasteiger partial charge in [-0.3, -0.25) is 0 Å². The monoisotopic (exact) mass is 263 g/mol. The van der Waals surface area contributed by atoms with Gasteiger partial charge in [0.25, 0.3) is 0 Å². The fourth-order valence-electron chi connectivity index (χ4n) is 6.28. The predicted molar refractivity (Wildman–Crippen MR) is 77.0 cm³/mol. The van der Waals surface area contributed by atoms with Gasteiger partial charge >= 0.3 is 0 Å². The van der Waals surface area contributed by atoms with E-state index in [0.29, 0.717) is 17.6 Å². The lowest BCUT2D eigenvalue weighted by atomic mass is 9.48. The molecule has 5 aliphatic rings. The van der Waals surface area contributed by atoms with Gasteiger partial charge in [-0.1, -0.05) is 6.92 Å². The molecule has 1 heterocycles. The quantitative estimate of drug-likeness (QED) is 0.843. The summed E-state index contributed by atoms with van der Waals surface area (Å²) in [6.07, 6.45) is 12.3. The van der Waals surface area contributed by atoms with Gasteiger partial charge < -0.3 is 10.1 Å². The first kappa shape index (κ1) is 12.6. The van der Waals surface area contributed by atoms with E-state index in [0.717, 1.165) is 30.9 Å². The normalized spacial score (nSPS) is 52.6. The van der Waals surface area contributed by atoms with E-state index < -0.39 is 0 Å². The average Bonchev–Trinajstić information content (AvgIpc) is 2.37. The molecule has 4 saturated carbocycles. The molecule has 2 atom stereocenters. The summed E-state index contributed by atoms with van der Waals surface area (Å²) in [5, 5.41) is 3.68. The zero-order chi connectivity index (χ0) is 12.9. The molecule has 5 fully saturated rings. The molecule has 1 aliphatic heterocycles. The zero-order valence-corrected chi connectivity index (χ0v) is 12.4. The van der Waals surface area contributed by atoms with E-state index in [1.165, 1.54) is 32.1 Å². The molecule has 1 saturated heterocycles. The van der Waals surface area contributed by atoms with Gasteiger partial charge in [-0.05, 0) is 74.5 Å². The third-order valence-electron chi connectivity index (χ3n) is 6.53. The van der Waals surface area contributed by atoms with E-state index in [2.05, 4.69) is 12.2 Å². The first-order valence-corrected chi connectivity index (χ1v) is 8.61. The summed E-state index contributed by atoms with van der Waals surface area (Å²) in [4.78, 5) is 0. The number of nitrogens with one attached hydrogen (secondary N) is 1. The van der Waals surface area contributed by atoms with E-state index in [1.807, 2.05) is 0 Å². The highest BCUT2D eigenvalue weighted by atomic mass is 16.5. The molecule has 0 aromatic rings. The lowest BCUT2D eigenvalue weighted by Crippen LogP contribution is -2.53. The number of morpholine rings is 1. The Labute approximate surface area is 117 Å². The van der Waals surface area contributed by atoms with Crippen molar-refractivity contribution in [2.45, 2.75) is 70.4 Å². The molecule has 2 heteroatoms. The van der Waals surface area contributed by atoms with E-state index in [1.54, 1.807) is 19.3 Å². The fourth-order valence-corrected chi connectivity index (χ4v) is 6.28. The molecule has 0 spiro atoms. The van der Waals surface area contributed by atoms with Crippen LogP contribution in [0.25, 0.3) is 0 Å². The smallest absolute Gasteiger partial charge is 0.0733 e. The van der Waals surface area contributed by atoms with E-state index in [-0.39, 0.29) is 0 Å². The summed E-state index contributed by atoms with van der Waals surface area (Å²) in [5.74, 6) is 3.22. The van der Waals surface area contributed by atoms with Crippen LogP contribution in [0, 0.1) is 23.2 Å². The van der Waals surface area contributed by atoms with Crippen LogP contribution in [-0.2, 0) is 4.74 Å². The molecule has 2 nitrogen and oxygen atoms in total. The molecule has 5 rings (SSSR count). The van der Waals surface area contributed by atoms with Crippen LogP contribution in [-0.4, -0.2) is 25.3 Å². The van der Waals surface area contributed by atoms with Gasteiger partial charge in [0, 0.05) is 12.6 Å². The Bertz CT molecular complexity index is 305. The van der Waals surface area contributed by atoms with Crippen molar-refractivity contribution in [2.24, 2.45) is 23.2 Å².